The van der Waals surface area contributed by atoms with Crippen molar-refractivity contribution in [2.45, 2.75) is 12.4 Å². The summed E-state index contributed by atoms with van der Waals surface area (Å²) in [6.45, 7) is 2.08. The third-order valence-corrected chi connectivity index (χ3v) is 3.28. The Kier molecular flexibility index (Phi) is 3.51. The van der Waals surface area contributed by atoms with Crippen LogP contribution in [-0.4, -0.2) is 17.2 Å². The lowest BCUT2D eigenvalue weighted by Gasteiger charge is -2.32. The number of thioether (sulfide) groups is 1. The molecular formula is C12H14N2OS. The van der Waals surface area contributed by atoms with E-state index < -0.39 is 0 Å². The molecule has 0 saturated carbocycles. The second kappa shape index (κ2) is 5.07. The summed E-state index contributed by atoms with van der Waals surface area (Å²) >= 11 is 1.70. The highest BCUT2D eigenvalue weighted by atomic mass is 32.2. The molecule has 1 aromatic carbocycles. The molecule has 2 rings (SSSR count). The number of para-hydroxylation sites is 1. The van der Waals surface area contributed by atoms with Gasteiger partial charge in [0.1, 0.15) is 0 Å². The Morgan fingerprint density at radius 3 is 2.81 bits per heavy atom. The minimum absolute atomic E-state index is 0.00935. The van der Waals surface area contributed by atoms with Crippen molar-refractivity contribution >= 4 is 23.4 Å². The van der Waals surface area contributed by atoms with Crippen molar-refractivity contribution in [1.82, 2.24) is 5.32 Å². The molecule has 0 aliphatic carbocycles. The highest BCUT2D eigenvalue weighted by molar-refractivity contribution is 7.99. The SMILES string of the molecule is CCSC1NC(=O)C=CN1c1ccccc1. The van der Waals surface area contributed by atoms with Gasteiger partial charge in [0.15, 0.2) is 5.50 Å². The van der Waals surface area contributed by atoms with Crippen LogP contribution >= 0.6 is 11.8 Å². The first-order valence-electron chi connectivity index (χ1n) is 5.25. The molecular weight excluding hydrogens is 220 g/mol. The number of benzene rings is 1. The van der Waals surface area contributed by atoms with E-state index >= 15 is 0 Å². The van der Waals surface area contributed by atoms with E-state index in [2.05, 4.69) is 17.1 Å². The fourth-order valence-electron chi connectivity index (χ4n) is 1.57. The lowest BCUT2D eigenvalue weighted by Crippen LogP contribution is -2.46. The van der Waals surface area contributed by atoms with Crippen molar-refractivity contribution in [3.63, 3.8) is 0 Å². The van der Waals surface area contributed by atoms with Crippen LogP contribution in [0, 0.1) is 0 Å². The molecule has 1 N–H and O–H groups in total. The lowest BCUT2D eigenvalue weighted by molar-refractivity contribution is -0.116. The Labute approximate surface area is 99.5 Å². The van der Waals surface area contributed by atoms with Crippen LogP contribution in [0.5, 0.6) is 0 Å². The predicted octanol–water partition coefficient (Wildman–Crippen LogP) is 2.17. The molecule has 4 heteroatoms. The van der Waals surface area contributed by atoms with Crippen LogP contribution in [0.1, 0.15) is 6.92 Å². The monoisotopic (exact) mass is 234 g/mol. The van der Waals surface area contributed by atoms with E-state index in [0.717, 1.165) is 11.4 Å². The molecule has 0 spiro atoms. The number of nitrogens with zero attached hydrogens (tertiary/aromatic N) is 1. The van der Waals surface area contributed by atoms with Crippen LogP contribution < -0.4 is 10.2 Å². The number of carbonyl (C=O) groups is 1. The molecule has 1 amide bonds. The van der Waals surface area contributed by atoms with Crippen LogP contribution in [0.4, 0.5) is 5.69 Å². The molecule has 1 unspecified atom stereocenters. The van der Waals surface area contributed by atoms with E-state index in [0.29, 0.717) is 0 Å². The van der Waals surface area contributed by atoms with Gasteiger partial charge in [-0.05, 0) is 17.9 Å². The molecule has 1 heterocycles. The Morgan fingerprint density at radius 2 is 2.12 bits per heavy atom. The van der Waals surface area contributed by atoms with Gasteiger partial charge in [0.2, 0.25) is 5.91 Å². The molecule has 84 valence electrons. The van der Waals surface area contributed by atoms with E-state index in [1.807, 2.05) is 36.5 Å². The van der Waals surface area contributed by atoms with Gasteiger partial charge in [-0.3, -0.25) is 4.79 Å². The first kappa shape index (κ1) is 11.1. The molecule has 0 saturated heterocycles. The van der Waals surface area contributed by atoms with Gasteiger partial charge in [0.05, 0.1) is 0 Å². The van der Waals surface area contributed by atoms with E-state index in [9.17, 15) is 4.79 Å². The van der Waals surface area contributed by atoms with Crippen molar-refractivity contribution < 1.29 is 4.79 Å². The van der Waals surface area contributed by atoms with Crippen molar-refractivity contribution in [2.24, 2.45) is 0 Å². The van der Waals surface area contributed by atoms with E-state index in [1.165, 1.54) is 0 Å². The van der Waals surface area contributed by atoms with Crippen molar-refractivity contribution in [2.75, 3.05) is 10.7 Å². The third-order valence-electron chi connectivity index (χ3n) is 2.28. The van der Waals surface area contributed by atoms with Gasteiger partial charge in [-0.15, -0.1) is 11.8 Å². The number of hydrogen-bond acceptors (Lipinski definition) is 3. The third kappa shape index (κ3) is 2.39. The number of anilines is 1. The van der Waals surface area contributed by atoms with Gasteiger partial charge in [-0.25, -0.2) is 0 Å². The summed E-state index contributed by atoms with van der Waals surface area (Å²) in [7, 11) is 0. The van der Waals surface area contributed by atoms with E-state index in [-0.39, 0.29) is 11.4 Å². The fourth-order valence-corrected chi connectivity index (χ4v) is 2.43. The zero-order valence-corrected chi connectivity index (χ0v) is 9.91. The standard InChI is InChI=1S/C12H14N2OS/c1-2-16-12-13-11(15)8-9-14(12)10-6-4-3-5-7-10/h3-9,12H,2H2,1H3,(H,13,15). The summed E-state index contributed by atoms with van der Waals surface area (Å²) in [6.07, 6.45) is 3.39. The van der Waals surface area contributed by atoms with Crippen molar-refractivity contribution in [1.29, 1.82) is 0 Å². The molecule has 0 aromatic heterocycles. The van der Waals surface area contributed by atoms with Crippen LogP contribution in [-0.2, 0) is 4.79 Å². The molecule has 3 nitrogen and oxygen atoms in total. The van der Waals surface area contributed by atoms with Gasteiger partial charge in [0.25, 0.3) is 0 Å². The minimum Gasteiger partial charge on any atom is -0.323 e. The number of hydrogen-bond donors (Lipinski definition) is 1. The van der Waals surface area contributed by atoms with Crippen LogP contribution in [0.2, 0.25) is 0 Å². The van der Waals surface area contributed by atoms with E-state index in [4.69, 9.17) is 0 Å². The highest BCUT2D eigenvalue weighted by Crippen LogP contribution is 2.23. The molecule has 1 aliphatic rings. The topological polar surface area (TPSA) is 32.3 Å². The Balaban J connectivity index is 2.24. The minimum atomic E-state index is -0.0295. The molecule has 0 bridgehead atoms. The first-order valence-corrected chi connectivity index (χ1v) is 6.30. The van der Waals surface area contributed by atoms with Gasteiger partial charge >= 0.3 is 0 Å². The summed E-state index contributed by atoms with van der Waals surface area (Å²) in [5, 5.41) is 2.93. The molecule has 16 heavy (non-hydrogen) atoms. The number of carbonyl (C=O) groups excluding carboxylic acids is 1. The largest absolute Gasteiger partial charge is 0.323 e. The molecule has 1 aromatic rings. The molecule has 0 fully saturated rings. The maximum atomic E-state index is 11.3. The second-order valence-electron chi connectivity index (χ2n) is 3.37. The number of rotatable bonds is 3. The fraction of sp³-hybridized carbons (Fsp3) is 0.250. The maximum Gasteiger partial charge on any atom is 0.247 e. The number of nitrogens with one attached hydrogen (secondary N) is 1. The van der Waals surface area contributed by atoms with Crippen LogP contribution in [0.25, 0.3) is 0 Å². The zero-order valence-electron chi connectivity index (χ0n) is 9.09. The van der Waals surface area contributed by atoms with Gasteiger partial charge in [-0.1, -0.05) is 25.1 Å². The van der Waals surface area contributed by atoms with E-state index in [1.54, 1.807) is 17.8 Å². The Bertz CT molecular complexity index is 391. The van der Waals surface area contributed by atoms with Gasteiger partial charge in [0, 0.05) is 18.0 Å². The Morgan fingerprint density at radius 1 is 1.38 bits per heavy atom. The van der Waals surface area contributed by atoms with Gasteiger partial charge in [-0.2, -0.15) is 0 Å². The summed E-state index contributed by atoms with van der Waals surface area (Å²) in [5.74, 6) is 0.931. The van der Waals surface area contributed by atoms with Gasteiger partial charge < -0.3 is 10.2 Å². The van der Waals surface area contributed by atoms with Crippen molar-refractivity contribution in [3.8, 4) is 0 Å². The molecule has 0 radical (unpaired) electrons. The smallest absolute Gasteiger partial charge is 0.247 e. The lowest BCUT2D eigenvalue weighted by atomic mass is 10.3. The quantitative estimate of drug-likeness (QED) is 0.870. The van der Waals surface area contributed by atoms with Crippen LogP contribution in [0.15, 0.2) is 42.6 Å². The zero-order chi connectivity index (χ0) is 11.4. The molecule has 1 aliphatic heterocycles. The first-order chi connectivity index (χ1) is 7.81. The van der Waals surface area contributed by atoms with Crippen LogP contribution in [0.3, 0.4) is 0 Å². The highest BCUT2D eigenvalue weighted by Gasteiger charge is 2.21. The summed E-state index contributed by atoms with van der Waals surface area (Å²) in [6, 6.07) is 10.0. The average Bonchev–Trinajstić information content (AvgIpc) is 2.31. The second-order valence-corrected chi connectivity index (χ2v) is 4.73. The Hall–Kier alpha value is -1.42. The maximum absolute atomic E-state index is 11.3. The summed E-state index contributed by atoms with van der Waals surface area (Å²) in [5.41, 5.74) is 1.08. The molecule has 1 atom stereocenters. The number of amides is 1. The van der Waals surface area contributed by atoms with Crippen molar-refractivity contribution in [3.05, 3.63) is 42.6 Å². The summed E-state index contributed by atoms with van der Waals surface area (Å²) < 4.78 is 0. The summed E-state index contributed by atoms with van der Waals surface area (Å²) in [4.78, 5) is 13.4. The average molecular weight is 234 g/mol. The predicted molar refractivity (Wildman–Crippen MR) is 68.1 cm³/mol. The normalized spacial score (nSPS) is 19.7.